The number of aryl methyl sites for hydroxylation is 1. The van der Waals surface area contributed by atoms with E-state index in [2.05, 4.69) is 22.3 Å². The second-order valence-corrected chi connectivity index (χ2v) is 4.06. The molecule has 0 saturated heterocycles. The van der Waals surface area contributed by atoms with E-state index in [-0.39, 0.29) is 5.38 Å². The van der Waals surface area contributed by atoms with E-state index < -0.39 is 0 Å². The van der Waals surface area contributed by atoms with Crippen LogP contribution in [0.25, 0.3) is 0 Å². The van der Waals surface area contributed by atoms with Crippen LogP contribution in [0.3, 0.4) is 0 Å². The van der Waals surface area contributed by atoms with Gasteiger partial charge in [-0.25, -0.2) is 9.67 Å². The summed E-state index contributed by atoms with van der Waals surface area (Å²) in [6.07, 6.45) is 2.67. The van der Waals surface area contributed by atoms with Gasteiger partial charge in [0.15, 0.2) is 0 Å². The van der Waals surface area contributed by atoms with Crippen molar-refractivity contribution in [1.82, 2.24) is 20.1 Å². The molecule has 1 heterocycles. The first-order valence-electron chi connectivity index (χ1n) is 4.95. The number of aromatic nitrogens is 3. The Hall–Kier alpha value is -0.610. The lowest BCUT2D eigenvalue weighted by Crippen LogP contribution is -2.23. The molecule has 14 heavy (non-hydrogen) atoms. The summed E-state index contributed by atoms with van der Waals surface area (Å²) >= 11 is 5.81. The van der Waals surface area contributed by atoms with E-state index in [1.165, 1.54) is 0 Å². The highest BCUT2D eigenvalue weighted by Gasteiger charge is 2.03. The molecule has 0 aromatic carbocycles. The van der Waals surface area contributed by atoms with Gasteiger partial charge >= 0.3 is 0 Å². The molecule has 0 fully saturated rings. The van der Waals surface area contributed by atoms with Crippen molar-refractivity contribution in [3.8, 4) is 0 Å². The summed E-state index contributed by atoms with van der Waals surface area (Å²) < 4.78 is 1.92. The van der Waals surface area contributed by atoms with E-state index in [1.807, 2.05) is 11.6 Å². The zero-order valence-corrected chi connectivity index (χ0v) is 9.46. The van der Waals surface area contributed by atoms with Gasteiger partial charge in [0.1, 0.15) is 12.2 Å². The predicted molar refractivity (Wildman–Crippen MR) is 57.3 cm³/mol. The summed E-state index contributed by atoms with van der Waals surface area (Å²) in [4.78, 5) is 4.18. The maximum atomic E-state index is 5.81. The molecular formula is C9H17ClN4. The van der Waals surface area contributed by atoms with Gasteiger partial charge in [-0.3, -0.25) is 0 Å². The summed E-state index contributed by atoms with van der Waals surface area (Å²) in [5.41, 5.74) is 0. The van der Waals surface area contributed by atoms with E-state index in [0.717, 1.165) is 31.9 Å². The topological polar surface area (TPSA) is 42.7 Å². The van der Waals surface area contributed by atoms with E-state index >= 15 is 0 Å². The van der Waals surface area contributed by atoms with Crippen molar-refractivity contribution < 1.29 is 0 Å². The fraction of sp³-hybridized carbons (Fsp3) is 0.778. The minimum atomic E-state index is 0.151. The third-order valence-corrected chi connectivity index (χ3v) is 1.99. The van der Waals surface area contributed by atoms with Crippen LogP contribution >= 0.6 is 11.6 Å². The molecule has 0 aliphatic rings. The molecule has 1 aromatic rings. The number of nitrogens with one attached hydrogen (secondary N) is 1. The molecule has 1 rings (SSSR count). The smallest absolute Gasteiger partial charge is 0.140 e. The van der Waals surface area contributed by atoms with Crippen LogP contribution in [0.5, 0.6) is 0 Å². The van der Waals surface area contributed by atoms with Crippen LogP contribution in [0.4, 0.5) is 0 Å². The van der Waals surface area contributed by atoms with Crippen molar-refractivity contribution >= 4 is 11.6 Å². The Balaban J connectivity index is 2.37. The lowest BCUT2D eigenvalue weighted by molar-refractivity contribution is 0.542. The second kappa shape index (κ2) is 5.98. The number of alkyl halides is 1. The lowest BCUT2D eigenvalue weighted by atomic mass is 10.4. The fourth-order valence-electron chi connectivity index (χ4n) is 1.21. The third kappa shape index (κ3) is 3.64. The minimum Gasteiger partial charge on any atom is -0.308 e. The monoisotopic (exact) mass is 216 g/mol. The Bertz CT molecular complexity index is 259. The maximum Gasteiger partial charge on any atom is 0.140 e. The molecule has 0 aliphatic carbocycles. The number of halogens is 1. The Labute approximate surface area is 89.7 Å². The van der Waals surface area contributed by atoms with Crippen molar-refractivity contribution in [3.63, 3.8) is 0 Å². The summed E-state index contributed by atoms with van der Waals surface area (Å²) in [6.45, 7) is 6.54. The molecule has 1 unspecified atom stereocenters. The van der Waals surface area contributed by atoms with Gasteiger partial charge in [-0.05, 0) is 13.3 Å². The van der Waals surface area contributed by atoms with Gasteiger partial charge in [-0.2, -0.15) is 5.10 Å². The summed E-state index contributed by atoms with van der Waals surface area (Å²) in [5.74, 6) is 0.976. The van der Waals surface area contributed by atoms with E-state index in [1.54, 1.807) is 6.33 Å². The van der Waals surface area contributed by atoms with Crippen molar-refractivity contribution in [2.75, 3.05) is 6.54 Å². The molecule has 1 aromatic heterocycles. The summed E-state index contributed by atoms with van der Waals surface area (Å²) in [7, 11) is 0. The number of nitrogens with zero attached hydrogens (tertiary/aromatic N) is 3. The molecule has 0 radical (unpaired) electrons. The van der Waals surface area contributed by atoms with Gasteiger partial charge in [0.25, 0.3) is 0 Å². The Morgan fingerprint density at radius 1 is 1.64 bits per heavy atom. The first-order chi connectivity index (χ1) is 6.74. The predicted octanol–water partition coefficient (Wildman–Crippen LogP) is 1.41. The molecule has 0 aliphatic heterocycles. The van der Waals surface area contributed by atoms with Gasteiger partial charge in [0, 0.05) is 18.5 Å². The van der Waals surface area contributed by atoms with Crippen LogP contribution < -0.4 is 5.32 Å². The maximum absolute atomic E-state index is 5.81. The van der Waals surface area contributed by atoms with Crippen molar-refractivity contribution in [3.05, 3.63) is 12.2 Å². The highest BCUT2D eigenvalue weighted by atomic mass is 35.5. The largest absolute Gasteiger partial charge is 0.308 e. The number of hydrogen-bond acceptors (Lipinski definition) is 3. The second-order valence-electron chi connectivity index (χ2n) is 3.31. The molecule has 0 bridgehead atoms. The molecule has 5 heteroatoms. The average molecular weight is 217 g/mol. The number of hydrogen-bond donors (Lipinski definition) is 1. The molecule has 80 valence electrons. The highest BCUT2D eigenvalue weighted by molar-refractivity contribution is 6.20. The van der Waals surface area contributed by atoms with E-state index in [9.17, 15) is 0 Å². The van der Waals surface area contributed by atoms with Crippen LogP contribution in [-0.2, 0) is 13.1 Å². The molecule has 1 N–H and O–H groups in total. The minimum absolute atomic E-state index is 0.151. The first-order valence-corrected chi connectivity index (χ1v) is 5.39. The van der Waals surface area contributed by atoms with Gasteiger partial charge in [0.05, 0.1) is 6.54 Å². The Kier molecular flexibility index (Phi) is 4.90. The highest BCUT2D eigenvalue weighted by Crippen LogP contribution is 1.96. The lowest BCUT2D eigenvalue weighted by Gasteiger charge is -2.06. The molecular weight excluding hydrogens is 200 g/mol. The normalized spacial score (nSPS) is 13.1. The third-order valence-electron chi connectivity index (χ3n) is 1.84. The molecule has 4 nitrogen and oxygen atoms in total. The quantitative estimate of drug-likeness (QED) is 0.732. The van der Waals surface area contributed by atoms with Crippen molar-refractivity contribution in [1.29, 1.82) is 0 Å². The van der Waals surface area contributed by atoms with Crippen molar-refractivity contribution in [2.24, 2.45) is 0 Å². The van der Waals surface area contributed by atoms with Crippen LogP contribution in [0.15, 0.2) is 6.33 Å². The van der Waals surface area contributed by atoms with Gasteiger partial charge in [-0.15, -0.1) is 11.6 Å². The molecule has 0 amide bonds. The van der Waals surface area contributed by atoms with Gasteiger partial charge in [-0.1, -0.05) is 6.92 Å². The van der Waals surface area contributed by atoms with Gasteiger partial charge in [0.2, 0.25) is 0 Å². The van der Waals surface area contributed by atoms with Crippen LogP contribution in [0.1, 0.15) is 26.1 Å². The standard InChI is InChI=1S/C9H17ClN4/c1-3-4-14-9(12-7-13-14)6-11-5-8(2)10/h7-8,11H,3-6H2,1-2H3. The molecule has 0 saturated carbocycles. The summed E-state index contributed by atoms with van der Waals surface area (Å²) in [6, 6.07) is 0. The summed E-state index contributed by atoms with van der Waals surface area (Å²) in [5, 5.41) is 7.52. The van der Waals surface area contributed by atoms with Crippen LogP contribution in [0.2, 0.25) is 0 Å². The average Bonchev–Trinajstić information content (AvgIpc) is 2.53. The van der Waals surface area contributed by atoms with E-state index in [0.29, 0.717) is 0 Å². The van der Waals surface area contributed by atoms with Crippen LogP contribution in [-0.4, -0.2) is 26.7 Å². The van der Waals surface area contributed by atoms with E-state index in [4.69, 9.17) is 11.6 Å². The van der Waals surface area contributed by atoms with Crippen LogP contribution in [0, 0.1) is 0 Å². The fourth-order valence-corrected chi connectivity index (χ4v) is 1.32. The molecule has 1 atom stereocenters. The Morgan fingerprint density at radius 3 is 3.07 bits per heavy atom. The van der Waals surface area contributed by atoms with Gasteiger partial charge < -0.3 is 5.32 Å². The zero-order valence-electron chi connectivity index (χ0n) is 8.70. The number of rotatable bonds is 6. The SMILES string of the molecule is CCCn1ncnc1CNCC(C)Cl. The zero-order chi connectivity index (χ0) is 10.4. The van der Waals surface area contributed by atoms with Crippen molar-refractivity contribution in [2.45, 2.75) is 38.7 Å². The first kappa shape index (κ1) is 11.5. The Morgan fingerprint density at radius 2 is 2.43 bits per heavy atom. The molecule has 0 spiro atoms.